The van der Waals surface area contributed by atoms with E-state index in [-0.39, 0.29) is 17.4 Å². The predicted octanol–water partition coefficient (Wildman–Crippen LogP) is 5.07. The van der Waals surface area contributed by atoms with Gasteiger partial charge in [0.25, 0.3) is 0 Å². The zero-order chi connectivity index (χ0) is 18.9. The fraction of sp³-hybridized carbons (Fsp3) is 0.333. The summed E-state index contributed by atoms with van der Waals surface area (Å²) in [6, 6.07) is 13.1. The van der Waals surface area contributed by atoms with Gasteiger partial charge in [0.2, 0.25) is 5.91 Å². The Balaban J connectivity index is 1.71. The number of nitrogens with one attached hydrogen (secondary N) is 3. The second-order valence-corrected chi connectivity index (χ2v) is 7.73. The van der Waals surface area contributed by atoms with Crippen molar-refractivity contribution in [1.29, 1.82) is 0 Å². The van der Waals surface area contributed by atoms with Crippen LogP contribution in [0.15, 0.2) is 42.5 Å². The summed E-state index contributed by atoms with van der Waals surface area (Å²) in [4.78, 5) is 24.1. The van der Waals surface area contributed by atoms with Crippen molar-refractivity contribution in [3.8, 4) is 0 Å². The van der Waals surface area contributed by atoms with Gasteiger partial charge in [-0.2, -0.15) is 0 Å². The van der Waals surface area contributed by atoms with E-state index >= 15 is 0 Å². The molecule has 136 valence electrons. The van der Waals surface area contributed by atoms with Gasteiger partial charge in [-0.05, 0) is 47.4 Å². The summed E-state index contributed by atoms with van der Waals surface area (Å²) >= 11 is 0. The lowest BCUT2D eigenvalue weighted by atomic mass is 9.78. The van der Waals surface area contributed by atoms with Gasteiger partial charge in [0.15, 0.2) is 0 Å². The molecule has 2 aromatic carbocycles. The molecule has 1 aliphatic heterocycles. The standard InChI is InChI=1S/C21H25N3O2/c1-13(2)14-5-7-15(8-6-14)22-20(26)23-16-9-10-18-17(11-16)21(3,4)12-19(25)24-18/h5-11,13H,12H2,1-4H3,(H,24,25)(H2,22,23,26). The first-order valence-corrected chi connectivity index (χ1v) is 8.87. The zero-order valence-corrected chi connectivity index (χ0v) is 15.6. The fourth-order valence-corrected chi connectivity index (χ4v) is 3.23. The van der Waals surface area contributed by atoms with Crippen molar-refractivity contribution in [2.24, 2.45) is 0 Å². The summed E-state index contributed by atoms with van der Waals surface area (Å²) in [6.45, 7) is 8.33. The number of carbonyl (C=O) groups excluding carboxylic acids is 2. The Morgan fingerprint density at radius 1 is 1.04 bits per heavy atom. The number of hydrogen-bond acceptors (Lipinski definition) is 2. The molecule has 5 heteroatoms. The van der Waals surface area contributed by atoms with Gasteiger partial charge < -0.3 is 16.0 Å². The number of urea groups is 1. The minimum atomic E-state index is -0.292. The first kappa shape index (κ1) is 18.0. The van der Waals surface area contributed by atoms with Gasteiger partial charge in [0, 0.05) is 28.9 Å². The van der Waals surface area contributed by atoms with E-state index < -0.39 is 0 Å². The molecule has 0 atom stereocenters. The Labute approximate surface area is 154 Å². The molecule has 0 aromatic heterocycles. The van der Waals surface area contributed by atoms with Gasteiger partial charge in [-0.25, -0.2) is 4.79 Å². The van der Waals surface area contributed by atoms with Crippen LogP contribution < -0.4 is 16.0 Å². The topological polar surface area (TPSA) is 70.2 Å². The number of fused-ring (bicyclic) bond motifs is 1. The second-order valence-electron chi connectivity index (χ2n) is 7.73. The molecular weight excluding hydrogens is 326 g/mol. The van der Waals surface area contributed by atoms with E-state index in [1.165, 1.54) is 5.56 Å². The van der Waals surface area contributed by atoms with Gasteiger partial charge in [0.05, 0.1) is 0 Å². The lowest BCUT2D eigenvalue weighted by Crippen LogP contribution is -2.32. The van der Waals surface area contributed by atoms with Crippen molar-refractivity contribution in [2.75, 3.05) is 16.0 Å². The van der Waals surface area contributed by atoms with Crippen molar-refractivity contribution in [3.63, 3.8) is 0 Å². The summed E-state index contributed by atoms with van der Waals surface area (Å²) in [5.41, 5.74) is 4.24. The van der Waals surface area contributed by atoms with Gasteiger partial charge in [0.1, 0.15) is 0 Å². The maximum absolute atomic E-state index is 12.3. The Hall–Kier alpha value is -2.82. The average molecular weight is 351 g/mol. The van der Waals surface area contributed by atoms with Crippen LogP contribution in [0.3, 0.4) is 0 Å². The molecule has 0 fully saturated rings. The van der Waals surface area contributed by atoms with E-state index in [0.29, 0.717) is 18.0 Å². The predicted molar refractivity (Wildman–Crippen MR) is 106 cm³/mol. The maximum atomic E-state index is 12.3. The number of amides is 3. The number of carbonyl (C=O) groups is 2. The van der Waals surface area contributed by atoms with Crippen LogP contribution >= 0.6 is 0 Å². The van der Waals surface area contributed by atoms with Crippen molar-refractivity contribution >= 4 is 29.0 Å². The molecule has 3 rings (SSSR count). The largest absolute Gasteiger partial charge is 0.326 e. The highest BCUT2D eigenvalue weighted by Crippen LogP contribution is 2.38. The smallest absolute Gasteiger partial charge is 0.323 e. The summed E-state index contributed by atoms with van der Waals surface area (Å²) in [5.74, 6) is 0.475. The minimum absolute atomic E-state index is 0.0193. The third kappa shape index (κ3) is 3.87. The summed E-state index contributed by atoms with van der Waals surface area (Å²) in [7, 11) is 0. The molecule has 26 heavy (non-hydrogen) atoms. The summed E-state index contributed by atoms with van der Waals surface area (Å²) in [5, 5.41) is 8.59. The SMILES string of the molecule is CC(C)c1ccc(NC(=O)Nc2ccc3c(c2)C(C)(C)CC(=O)N3)cc1. The van der Waals surface area contributed by atoms with Crippen LogP contribution in [0.1, 0.15) is 51.2 Å². The highest BCUT2D eigenvalue weighted by Gasteiger charge is 2.32. The molecule has 0 saturated heterocycles. The first-order valence-electron chi connectivity index (χ1n) is 8.87. The van der Waals surface area contributed by atoms with Crippen LogP contribution in [-0.2, 0) is 10.2 Å². The Bertz CT molecular complexity index is 839. The van der Waals surface area contributed by atoms with E-state index in [1.54, 1.807) is 6.07 Å². The molecule has 0 radical (unpaired) electrons. The van der Waals surface area contributed by atoms with Crippen molar-refractivity contribution in [2.45, 2.75) is 45.4 Å². The van der Waals surface area contributed by atoms with Gasteiger partial charge in [-0.1, -0.05) is 39.8 Å². The number of rotatable bonds is 3. The van der Waals surface area contributed by atoms with E-state index in [1.807, 2.05) is 50.2 Å². The fourth-order valence-electron chi connectivity index (χ4n) is 3.23. The molecule has 2 aromatic rings. The number of benzene rings is 2. The summed E-state index contributed by atoms with van der Waals surface area (Å²) < 4.78 is 0. The van der Waals surface area contributed by atoms with E-state index in [0.717, 1.165) is 16.9 Å². The lowest BCUT2D eigenvalue weighted by Gasteiger charge is -2.32. The molecule has 0 unspecified atom stereocenters. The molecule has 0 spiro atoms. The minimum Gasteiger partial charge on any atom is -0.326 e. The number of anilines is 3. The van der Waals surface area contributed by atoms with Crippen LogP contribution in [0, 0.1) is 0 Å². The van der Waals surface area contributed by atoms with Crippen LogP contribution in [0.25, 0.3) is 0 Å². The highest BCUT2D eigenvalue weighted by atomic mass is 16.2. The van der Waals surface area contributed by atoms with E-state index in [9.17, 15) is 9.59 Å². The van der Waals surface area contributed by atoms with Crippen LogP contribution in [-0.4, -0.2) is 11.9 Å². The molecular formula is C21H25N3O2. The second kappa shape index (κ2) is 6.83. The lowest BCUT2D eigenvalue weighted by molar-refractivity contribution is -0.117. The molecule has 0 bridgehead atoms. The molecule has 0 aliphatic carbocycles. The number of hydrogen-bond donors (Lipinski definition) is 3. The summed E-state index contributed by atoms with van der Waals surface area (Å²) in [6.07, 6.45) is 0.428. The monoisotopic (exact) mass is 351 g/mol. The zero-order valence-electron chi connectivity index (χ0n) is 15.6. The Morgan fingerprint density at radius 3 is 2.31 bits per heavy atom. The molecule has 3 amide bonds. The van der Waals surface area contributed by atoms with Crippen LogP contribution in [0.4, 0.5) is 21.9 Å². The highest BCUT2D eigenvalue weighted by molar-refractivity contribution is 6.01. The van der Waals surface area contributed by atoms with Crippen molar-refractivity contribution in [1.82, 2.24) is 0 Å². The Kier molecular flexibility index (Phi) is 4.72. The molecule has 3 N–H and O–H groups in total. The molecule has 1 heterocycles. The molecule has 0 saturated carbocycles. The van der Waals surface area contributed by atoms with Gasteiger partial charge in [-0.15, -0.1) is 0 Å². The van der Waals surface area contributed by atoms with Crippen LogP contribution in [0.5, 0.6) is 0 Å². The van der Waals surface area contributed by atoms with E-state index in [4.69, 9.17) is 0 Å². The molecule has 5 nitrogen and oxygen atoms in total. The maximum Gasteiger partial charge on any atom is 0.323 e. The first-order chi connectivity index (χ1) is 12.2. The van der Waals surface area contributed by atoms with Crippen molar-refractivity contribution < 1.29 is 9.59 Å². The van der Waals surface area contributed by atoms with Gasteiger partial charge in [-0.3, -0.25) is 4.79 Å². The van der Waals surface area contributed by atoms with Gasteiger partial charge >= 0.3 is 6.03 Å². The Morgan fingerprint density at radius 2 is 1.65 bits per heavy atom. The third-order valence-electron chi connectivity index (χ3n) is 4.72. The quantitative estimate of drug-likeness (QED) is 0.722. The van der Waals surface area contributed by atoms with Crippen molar-refractivity contribution in [3.05, 3.63) is 53.6 Å². The normalized spacial score (nSPS) is 15.2. The van der Waals surface area contributed by atoms with E-state index in [2.05, 4.69) is 29.8 Å². The average Bonchev–Trinajstić information content (AvgIpc) is 2.55. The van der Waals surface area contributed by atoms with Crippen LogP contribution in [0.2, 0.25) is 0 Å². The third-order valence-corrected chi connectivity index (χ3v) is 4.72. The molecule has 1 aliphatic rings.